The molecule has 4 heteroatoms. The van der Waals surface area contributed by atoms with E-state index in [9.17, 15) is 0 Å². The number of nitrogens with one attached hydrogen (secondary N) is 1. The monoisotopic (exact) mass is 279 g/mol. The van der Waals surface area contributed by atoms with E-state index in [0.29, 0.717) is 0 Å². The van der Waals surface area contributed by atoms with Crippen LogP contribution in [0.1, 0.15) is 44.4 Å². The zero-order valence-electron chi connectivity index (χ0n) is 12.1. The smallest absolute Gasteiger partial charge is 0.185 e. The van der Waals surface area contributed by atoms with E-state index in [0.717, 1.165) is 37.5 Å². The molecule has 2 bridgehead atoms. The van der Waals surface area contributed by atoms with Crippen LogP contribution in [-0.4, -0.2) is 24.1 Å². The van der Waals surface area contributed by atoms with Crippen LogP contribution in [-0.2, 0) is 6.54 Å². The van der Waals surface area contributed by atoms with Gasteiger partial charge in [-0.1, -0.05) is 6.42 Å². The maximum Gasteiger partial charge on any atom is 0.185 e. The SMILES string of the molecule is CCN(CC)c1ncc(CNC2CC3CCC2C3)s1. The van der Waals surface area contributed by atoms with Crippen LogP contribution in [0.3, 0.4) is 0 Å². The summed E-state index contributed by atoms with van der Waals surface area (Å²) in [5, 5.41) is 4.95. The van der Waals surface area contributed by atoms with Crippen molar-refractivity contribution in [3.05, 3.63) is 11.1 Å². The average molecular weight is 279 g/mol. The fourth-order valence-corrected chi connectivity index (χ4v) is 4.73. The van der Waals surface area contributed by atoms with Gasteiger partial charge in [0, 0.05) is 36.8 Å². The summed E-state index contributed by atoms with van der Waals surface area (Å²) < 4.78 is 0. The first-order chi connectivity index (χ1) is 9.30. The quantitative estimate of drug-likeness (QED) is 0.866. The second-order valence-corrected chi connectivity index (χ2v) is 7.04. The Bertz CT molecular complexity index is 413. The number of aromatic nitrogens is 1. The number of rotatable bonds is 6. The van der Waals surface area contributed by atoms with E-state index in [1.54, 1.807) is 0 Å². The van der Waals surface area contributed by atoms with Crippen molar-refractivity contribution in [1.29, 1.82) is 0 Å². The topological polar surface area (TPSA) is 28.2 Å². The zero-order chi connectivity index (χ0) is 13.2. The van der Waals surface area contributed by atoms with Gasteiger partial charge >= 0.3 is 0 Å². The lowest BCUT2D eigenvalue weighted by Gasteiger charge is -2.22. The van der Waals surface area contributed by atoms with Crippen LogP contribution in [0.5, 0.6) is 0 Å². The molecule has 1 aromatic rings. The van der Waals surface area contributed by atoms with Gasteiger partial charge in [-0.25, -0.2) is 4.98 Å². The van der Waals surface area contributed by atoms with Gasteiger partial charge in [0.25, 0.3) is 0 Å². The molecular weight excluding hydrogens is 254 g/mol. The molecule has 0 radical (unpaired) electrons. The van der Waals surface area contributed by atoms with Gasteiger partial charge in [0.2, 0.25) is 0 Å². The van der Waals surface area contributed by atoms with Crippen molar-refractivity contribution >= 4 is 16.5 Å². The highest BCUT2D eigenvalue weighted by Crippen LogP contribution is 2.44. The maximum atomic E-state index is 4.56. The van der Waals surface area contributed by atoms with E-state index in [1.165, 1.54) is 35.7 Å². The van der Waals surface area contributed by atoms with Crippen LogP contribution in [0, 0.1) is 11.8 Å². The summed E-state index contributed by atoms with van der Waals surface area (Å²) in [6, 6.07) is 0.776. The molecule has 3 atom stereocenters. The summed E-state index contributed by atoms with van der Waals surface area (Å²) in [5.74, 6) is 1.98. The van der Waals surface area contributed by atoms with E-state index in [4.69, 9.17) is 0 Å². The van der Waals surface area contributed by atoms with Gasteiger partial charge in [-0.05, 0) is 44.9 Å². The van der Waals surface area contributed by atoms with Gasteiger partial charge in [-0.3, -0.25) is 0 Å². The minimum absolute atomic E-state index is 0.776. The van der Waals surface area contributed by atoms with Crippen molar-refractivity contribution in [3.8, 4) is 0 Å². The molecule has 0 aliphatic heterocycles. The lowest BCUT2D eigenvalue weighted by atomic mass is 9.95. The molecule has 2 aliphatic rings. The Labute approximate surface area is 120 Å². The molecule has 0 amide bonds. The number of hydrogen-bond donors (Lipinski definition) is 1. The van der Waals surface area contributed by atoms with Crippen molar-refractivity contribution in [3.63, 3.8) is 0 Å². The first kappa shape index (κ1) is 13.4. The normalized spacial score (nSPS) is 29.1. The third-order valence-corrected chi connectivity index (χ3v) is 5.91. The second-order valence-electron chi connectivity index (χ2n) is 5.94. The predicted molar refractivity (Wildman–Crippen MR) is 81.8 cm³/mol. The summed E-state index contributed by atoms with van der Waals surface area (Å²) in [6.45, 7) is 7.48. The van der Waals surface area contributed by atoms with Gasteiger partial charge in [-0.15, -0.1) is 11.3 Å². The number of nitrogens with zero attached hydrogens (tertiary/aromatic N) is 2. The standard InChI is InChI=1S/C15H25N3S/c1-3-18(4-2)15-17-10-13(19-15)9-16-14-8-11-5-6-12(14)7-11/h10-12,14,16H,3-9H2,1-2H3. The third-order valence-electron chi connectivity index (χ3n) is 4.85. The fraction of sp³-hybridized carbons (Fsp3) is 0.800. The summed E-state index contributed by atoms with van der Waals surface area (Å²) in [6.07, 6.45) is 7.88. The predicted octanol–water partition coefficient (Wildman–Crippen LogP) is 3.27. The molecular formula is C15H25N3S. The zero-order valence-corrected chi connectivity index (χ0v) is 12.9. The minimum Gasteiger partial charge on any atom is -0.349 e. The molecule has 106 valence electrons. The highest BCUT2D eigenvalue weighted by atomic mass is 32.1. The average Bonchev–Trinajstić information content (AvgIpc) is 3.14. The third kappa shape index (κ3) is 2.79. The number of fused-ring (bicyclic) bond motifs is 2. The van der Waals surface area contributed by atoms with Crippen molar-refractivity contribution in [1.82, 2.24) is 10.3 Å². The molecule has 3 rings (SSSR count). The Morgan fingerprint density at radius 1 is 1.32 bits per heavy atom. The van der Waals surface area contributed by atoms with E-state index in [-0.39, 0.29) is 0 Å². The molecule has 1 heterocycles. The van der Waals surface area contributed by atoms with Gasteiger partial charge in [0.05, 0.1) is 0 Å². The number of hydrogen-bond acceptors (Lipinski definition) is 4. The molecule has 2 saturated carbocycles. The number of anilines is 1. The molecule has 3 nitrogen and oxygen atoms in total. The van der Waals surface area contributed by atoms with E-state index in [1.807, 2.05) is 11.3 Å². The van der Waals surface area contributed by atoms with Crippen molar-refractivity contribution in [2.45, 2.75) is 52.1 Å². The molecule has 1 aromatic heterocycles. The highest BCUT2D eigenvalue weighted by molar-refractivity contribution is 7.15. The van der Waals surface area contributed by atoms with Crippen LogP contribution in [0.4, 0.5) is 5.13 Å². The molecule has 0 aromatic carbocycles. The largest absolute Gasteiger partial charge is 0.349 e. The second kappa shape index (κ2) is 5.80. The Morgan fingerprint density at radius 2 is 2.16 bits per heavy atom. The lowest BCUT2D eigenvalue weighted by Crippen LogP contribution is -2.33. The summed E-state index contributed by atoms with van der Waals surface area (Å²) >= 11 is 1.85. The van der Waals surface area contributed by atoms with Crippen LogP contribution in [0.25, 0.3) is 0 Å². The van der Waals surface area contributed by atoms with Gasteiger partial charge in [-0.2, -0.15) is 0 Å². The van der Waals surface area contributed by atoms with E-state index >= 15 is 0 Å². The van der Waals surface area contributed by atoms with Gasteiger partial charge in [0.1, 0.15) is 0 Å². The van der Waals surface area contributed by atoms with Crippen molar-refractivity contribution in [2.75, 3.05) is 18.0 Å². The van der Waals surface area contributed by atoms with Gasteiger partial charge in [0.15, 0.2) is 5.13 Å². The molecule has 0 saturated heterocycles. The summed E-state index contributed by atoms with van der Waals surface area (Å²) in [4.78, 5) is 8.26. The molecule has 2 fully saturated rings. The molecule has 19 heavy (non-hydrogen) atoms. The Hall–Kier alpha value is -0.610. The van der Waals surface area contributed by atoms with E-state index in [2.05, 4.69) is 35.2 Å². The fourth-order valence-electron chi connectivity index (χ4n) is 3.75. The molecule has 2 aliphatic carbocycles. The Morgan fingerprint density at radius 3 is 2.79 bits per heavy atom. The maximum absolute atomic E-state index is 4.56. The lowest BCUT2D eigenvalue weighted by molar-refractivity contribution is 0.351. The molecule has 3 unspecified atom stereocenters. The highest BCUT2D eigenvalue weighted by Gasteiger charge is 2.38. The van der Waals surface area contributed by atoms with Crippen molar-refractivity contribution in [2.24, 2.45) is 11.8 Å². The van der Waals surface area contributed by atoms with Crippen molar-refractivity contribution < 1.29 is 0 Å². The molecule has 1 N–H and O–H groups in total. The van der Waals surface area contributed by atoms with Crippen LogP contribution in [0.2, 0.25) is 0 Å². The minimum atomic E-state index is 0.776. The number of thiazole rings is 1. The Kier molecular flexibility index (Phi) is 4.08. The first-order valence-corrected chi connectivity index (χ1v) is 8.54. The first-order valence-electron chi connectivity index (χ1n) is 7.73. The van der Waals surface area contributed by atoms with Crippen LogP contribution in [0.15, 0.2) is 6.20 Å². The van der Waals surface area contributed by atoms with E-state index < -0.39 is 0 Å². The molecule has 0 spiro atoms. The summed E-state index contributed by atoms with van der Waals surface area (Å²) in [5.41, 5.74) is 0. The summed E-state index contributed by atoms with van der Waals surface area (Å²) in [7, 11) is 0. The Balaban J connectivity index is 1.53. The van der Waals surface area contributed by atoms with Crippen LogP contribution >= 0.6 is 11.3 Å². The van der Waals surface area contributed by atoms with Crippen LogP contribution < -0.4 is 10.2 Å². The van der Waals surface area contributed by atoms with Gasteiger partial charge < -0.3 is 10.2 Å².